The number of fused-ring (bicyclic) bond motifs is 4. The first kappa shape index (κ1) is 25.4. The van der Waals surface area contributed by atoms with Crippen molar-refractivity contribution in [2.24, 2.45) is 29.1 Å². The summed E-state index contributed by atoms with van der Waals surface area (Å²) < 4.78 is 0. The largest absolute Gasteiger partial charge is 0.507 e. The summed E-state index contributed by atoms with van der Waals surface area (Å²) in [7, 11) is 0. The number of benzene rings is 3. The van der Waals surface area contributed by atoms with Crippen LogP contribution >= 0.6 is 0 Å². The molecule has 1 N–H and O–H groups in total. The Kier molecular flexibility index (Phi) is 5.58. The number of aryl methyl sites for hydroxylation is 1. The number of carbonyl (C=O) groups excluding carboxylic acids is 4. The lowest BCUT2D eigenvalue weighted by atomic mass is 9.51. The van der Waals surface area contributed by atoms with Crippen molar-refractivity contribution in [3.63, 3.8) is 0 Å². The Morgan fingerprint density at radius 3 is 2.05 bits per heavy atom. The minimum absolute atomic E-state index is 0.0827. The summed E-state index contributed by atoms with van der Waals surface area (Å²) in [5.41, 5.74) is 1.95. The van der Waals surface area contributed by atoms with Crippen LogP contribution in [0.4, 0.5) is 11.4 Å². The van der Waals surface area contributed by atoms with E-state index in [1.54, 1.807) is 61.5 Å². The van der Waals surface area contributed by atoms with Gasteiger partial charge in [0.25, 0.3) is 0 Å². The van der Waals surface area contributed by atoms with E-state index in [0.29, 0.717) is 28.9 Å². The van der Waals surface area contributed by atoms with Gasteiger partial charge < -0.3 is 5.11 Å². The van der Waals surface area contributed by atoms with Crippen LogP contribution in [0.1, 0.15) is 36.8 Å². The second-order valence-corrected chi connectivity index (χ2v) is 11.9. The van der Waals surface area contributed by atoms with Crippen molar-refractivity contribution in [3.8, 4) is 5.75 Å². The summed E-state index contributed by atoms with van der Waals surface area (Å²) in [6.45, 7) is 3.63. The highest BCUT2D eigenvalue weighted by molar-refractivity contribution is 6.25. The Morgan fingerprint density at radius 1 is 0.756 bits per heavy atom. The number of imide groups is 2. The van der Waals surface area contributed by atoms with Crippen LogP contribution in [0, 0.1) is 36.0 Å². The van der Waals surface area contributed by atoms with Gasteiger partial charge in [0.1, 0.15) is 5.75 Å². The molecule has 0 spiro atoms. The van der Waals surface area contributed by atoms with Crippen LogP contribution in [0.15, 0.2) is 90.5 Å². The molecule has 7 rings (SSSR count). The van der Waals surface area contributed by atoms with Crippen molar-refractivity contribution in [2.75, 3.05) is 9.80 Å². The fourth-order valence-electron chi connectivity index (χ4n) is 7.93. The number of phenols is 1. The summed E-state index contributed by atoms with van der Waals surface area (Å²) >= 11 is 0. The minimum Gasteiger partial charge on any atom is -0.507 e. The molecule has 3 aromatic rings. The monoisotopic (exact) mass is 546 g/mol. The van der Waals surface area contributed by atoms with E-state index in [9.17, 15) is 24.3 Å². The van der Waals surface area contributed by atoms with Gasteiger partial charge in [0.15, 0.2) is 0 Å². The van der Waals surface area contributed by atoms with Crippen molar-refractivity contribution >= 4 is 35.0 Å². The normalized spacial score (nSPS) is 30.7. The number of anilines is 2. The Labute approximate surface area is 238 Å². The molecule has 6 atom stereocenters. The van der Waals surface area contributed by atoms with Gasteiger partial charge in [-0.3, -0.25) is 24.1 Å². The number of carbonyl (C=O) groups is 4. The van der Waals surface area contributed by atoms with Crippen molar-refractivity contribution in [1.82, 2.24) is 0 Å². The number of amides is 4. The molecule has 6 unspecified atom stereocenters. The lowest BCUT2D eigenvalue weighted by molar-refractivity contribution is -0.131. The van der Waals surface area contributed by atoms with Crippen LogP contribution in [0.5, 0.6) is 5.75 Å². The smallest absolute Gasteiger partial charge is 0.241 e. The predicted octanol–water partition coefficient (Wildman–Crippen LogP) is 5.14. The lowest BCUT2D eigenvalue weighted by Gasteiger charge is -2.49. The molecule has 3 aromatic carbocycles. The molecule has 41 heavy (non-hydrogen) atoms. The number of hydrogen-bond donors (Lipinski definition) is 1. The summed E-state index contributed by atoms with van der Waals surface area (Å²) in [5, 5.41) is 11.3. The third-order valence-corrected chi connectivity index (χ3v) is 9.88. The molecule has 7 nitrogen and oxygen atoms in total. The van der Waals surface area contributed by atoms with Crippen LogP contribution in [-0.4, -0.2) is 28.7 Å². The van der Waals surface area contributed by atoms with Gasteiger partial charge in [-0.2, -0.15) is 0 Å². The number of hydrogen-bond acceptors (Lipinski definition) is 5. The third-order valence-electron chi connectivity index (χ3n) is 9.88. The number of rotatable bonds is 3. The molecule has 4 aliphatic rings. The zero-order chi connectivity index (χ0) is 28.6. The molecule has 4 amide bonds. The molecule has 2 saturated heterocycles. The van der Waals surface area contributed by atoms with Gasteiger partial charge in [0.2, 0.25) is 23.6 Å². The first-order valence-corrected chi connectivity index (χ1v) is 14.1. The molecule has 2 heterocycles. The quantitative estimate of drug-likeness (QED) is 0.363. The molecule has 206 valence electrons. The van der Waals surface area contributed by atoms with Crippen LogP contribution < -0.4 is 9.80 Å². The second kappa shape index (κ2) is 8.99. The van der Waals surface area contributed by atoms with Crippen LogP contribution in [0.2, 0.25) is 0 Å². The first-order valence-electron chi connectivity index (χ1n) is 14.1. The van der Waals surface area contributed by atoms with Crippen LogP contribution in [0.3, 0.4) is 0 Å². The molecular formula is C34H30N2O5. The maximum Gasteiger partial charge on any atom is 0.241 e. The topological polar surface area (TPSA) is 95.0 Å². The SMILES string of the molecule is Cc1cccc(C2C3=CCC4C(=O)N(c5ccccc5)C(=O)C4C3CC3C(=O)N(c4ccccc4)C(=O)C32C)c1O. The number of aromatic hydroxyl groups is 1. The zero-order valence-electron chi connectivity index (χ0n) is 22.9. The fraction of sp³-hybridized carbons (Fsp3) is 0.294. The Bertz CT molecular complexity index is 1650. The van der Waals surface area contributed by atoms with Crippen molar-refractivity contribution in [1.29, 1.82) is 0 Å². The average Bonchev–Trinajstić information content (AvgIpc) is 3.35. The number of nitrogens with zero attached hydrogens (tertiary/aromatic N) is 2. The maximum atomic E-state index is 14.4. The van der Waals surface area contributed by atoms with Crippen molar-refractivity contribution in [2.45, 2.75) is 32.6 Å². The Balaban J connectivity index is 1.39. The number of allylic oxidation sites excluding steroid dienone is 2. The summed E-state index contributed by atoms with van der Waals surface area (Å²) in [5.74, 6) is -4.00. The molecule has 3 fully saturated rings. The molecular weight excluding hydrogens is 516 g/mol. The fourth-order valence-corrected chi connectivity index (χ4v) is 7.93. The van der Waals surface area contributed by atoms with Crippen molar-refractivity contribution in [3.05, 3.63) is 102 Å². The molecule has 2 aliphatic heterocycles. The van der Waals surface area contributed by atoms with Crippen LogP contribution in [0.25, 0.3) is 0 Å². The highest BCUT2D eigenvalue weighted by Crippen LogP contribution is 2.64. The van der Waals surface area contributed by atoms with E-state index in [1.807, 2.05) is 37.3 Å². The van der Waals surface area contributed by atoms with Gasteiger partial charge >= 0.3 is 0 Å². The zero-order valence-corrected chi connectivity index (χ0v) is 22.9. The summed E-state index contributed by atoms with van der Waals surface area (Å²) in [6, 6.07) is 23.3. The van der Waals surface area contributed by atoms with Crippen LogP contribution in [-0.2, 0) is 19.2 Å². The highest BCUT2D eigenvalue weighted by Gasteiger charge is 2.68. The average molecular weight is 547 g/mol. The molecule has 2 aliphatic carbocycles. The Hall–Kier alpha value is -4.52. The van der Waals surface area contributed by atoms with E-state index in [-0.39, 0.29) is 35.8 Å². The summed E-state index contributed by atoms with van der Waals surface area (Å²) in [6.07, 6.45) is 2.64. The minimum atomic E-state index is -1.18. The Morgan fingerprint density at radius 2 is 1.39 bits per heavy atom. The second-order valence-electron chi connectivity index (χ2n) is 11.9. The van der Waals surface area contributed by atoms with Gasteiger partial charge in [-0.1, -0.05) is 66.2 Å². The standard InChI is InChI=1S/C34H30N2O5/c1-19-10-9-15-24(29(19)37)28-22-16-17-23-27(32(40)35(30(23)38)20-11-5-3-6-12-20)25(22)18-26-31(39)36(33(41)34(26,28)2)21-13-7-4-8-14-21/h3-16,23,25-28,37H,17-18H2,1-2H3. The maximum absolute atomic E-state index is 14.4. The van der Waals surface area contributed by atoms with E-state index in [0.717, 1.165) is 5.57 Å². The van der Waals surface area contributed by atoms with E-state index in [4.69, 9.17) is 0 Å². The lowest BCUT2D eigenvalue weighted by Crippen LogP contribution is -2.49. The van der Waals surface area contributed by atoms with Crippen molar-refractivity contribution < 1.29 is 24.3 Å². The van der Waals surface area contributed by atoms with E-state index in [2.05, 4.69) is 0 Å². The number of phenolic OH excluding ortho intramolecular Hbond substituents is 1. The molecule has 1 saturated carbocycles. The van der Waals surface area contributed by atoms with Gasteiger partial charge in [0.05, 0.1) is 34.5 Å². The molecule has 0 aromatic heterocycles. The molecule has 0 bridgehead atoms. The number of para-hydroxylation sites is 3. The van der Waals surface area contributed by atoms with Gasteiger partial charge in [-0.05, 0) is 62.4 Å². The predicted molar refractivity (Wildman–Crippen MR) is 153 cm³/mol. The highest BCUT2D eigenvalue weighted by atomic mass is 16.3. The van der Waals surface area contributed by atoms with Gasteiger partial charge in [-0.25, -0.2) is 4.90 Å². The van der Waals surface area contributed by atoms with E-state index < -0.39 is 35.0 Å². The van der Waals surface area contributed by atoms with E-state index >= 15 is 0 Å². The molecule has 7 heteroatoms. The van der Waals surface area contributed by atoms with Gasteiger partial charge in [0, 0.05) is 11.5 Å². The van der Waals surface area contributed by atoms with Gasteiger partial charge in [-0.15, -0.1) is 0 Å². The first-order chi connectivity index (χ1) is 19.7. The third kappa shape index (κ3) is 3.38. The molecule has 0 radical (unpaired) electrons. The van der Waals surface area contributed by atoms with E-state index in [1.165, 1.54) is 9.80 Å². The summed E-state index contributed by atoms with van der Waals surface area (Å²) in [4.78, 5) is 58.7.